The van der Waals surface area contributed by atoms with Crippen LogP contribution in [0.5, 0.6) is 0 Å². The van der Waals surface area contributed by atoms with Gasteiger partial charge in [0.1, 0.15) is 6.61 Å². The average molecular weight is 876 g/mol. The van der Waals surface area contributed by atoms with Gasteiger partial charge in [-0.3, -0.25) is 9.59 Å². The van der Waals surface area contributed by atoms with E-state index in [1.165, 1.54) is 257 Å². The molecule has 0 heterocycles. The van der Waals surface area contributed by atoms with E-state index in [-0.39, 0.29) is 25.2 Å². The first kappa shape index (κ1) is 60.6. The SMILES string of the molecule is CCCCCC/C=C\CCCCCCCC(=O)OC(CO)COC(=O)CCCCCCCCCCCCCCCCCCCCCCCCCCCCCCCCCCCCC. The Morgan fingerprint density at radius 3 is 0.887 bits per heavy atom. The molecule has 1 atom stereocenters. The van der Waals surface area contributed by atoms with Gasteiger partial charge >= 0.3 is 11.9 Å². The molecule has 0 aromatic carbocycles. The molecule has 0 saturated heterocycles. The van der Waals surface area contributed by atoms with Crippen molar-refractivity contribution in [3.63, 3.8) is 0 Å². The zero-order valence-corrected chi connectivity index (χ0v) is 42.2. The second-order valence-electron chi connectivity index (χ2n) is 19.4. The highest BCUT2D eigenvalue weighted by molar-refractivity contribution is 5.70. The van der Waals surface area contributed by atoms with Crippen molar-refractivity contribution in [3.8, 4) is 0 Å². The van der Waals surface area contributed by atoms with Crippen LogP contribution in [-0.2, 0) is 19.1 Å². The van der Waals surface area contributed by atoms with Crippen LogP contribution >= 0.6 is 0 Å². The lowest BCUT2D eigenvalue weighted by molar-refractivity contribution is -0.161. The first-order valence-electron chi connectivity index (χ1n) is 28.2. The summed E-state index contributed by atoms with van der Waals surface area (Å²) < 4.78 is 10.7. The lowest BCUT2D eigenvalue weighted by Gasteiger charge is -2.15. The number of ether oxygens (including phenoxy) is 2. The van der Waals surface area contributed by atoms with Crippen LogP contribution in [0.15, 0.2) is 12.2 Å². The normalized spacial score (nSPS) is 12.1. The molecule has 1 N–H and O–H groups in total. The van der Waals surface area contributed by atoms with Gasteiger partial charge in [-0.25, -0.2) is 0 Å². The number of allylic oxidation sites excluding steroid dienone is 2. The Bertz CT molecular complexity index is 902. The predicted octanol–water partition coefficient (Wildman–Crippen LogP) is 18.8. The van der Waals surface area contributed by atoms with E-state index in [0.717, 1.165) is 38.5 Å². The molecule has 0 radical (unpaired) electrons. The van der Waals surface area contributed by atoms with Crippen LogP contribution in [0, 0.1) is 0 Å². The number of unbranched alkanes of at least 4 members (excludes halogenated alkanes) is 43. The lowest BCUT2D eigenvalue weighted by Crippen LogP contribution is -2.28. The number of aliphatic hydroxyl groups is 1. The molecular weight excluding hydrogens is 765 g/mol. The third-order valence-electron chi connectivity index (χ3n) is 13.1. The summed E-state index contributed by atoms with van der Waals surface area (Å²) in [6, 6.07) is 0. The summed E-state index contributed by atoms with van der Waals surface area (Å²) in [5.41, 5.74) is 0. The molecule has 0 amide bonds. The van der Waals surface area contributed by atoms with Gasteiger partial charge in [0.2, 0.25) is 0 Å². The van der Waals surface area contributed by atoms with Crippen molar-refractivity contribution in [2.24, 2.45) is 0 Å². The highest BCUT2D eigenvalue weighted by Gasteiger charge is 2.16. The Morgan fingerprint density at radius 2 is 0.597 bits per heavy atom. The fourth-order valence-corrected chi connectivity index (χ4v) is 8.79. The number of hydrogen-bond donors (Lipinski definition) is 1. The number of carbonyl (C=O) groups is 2. The third kappa shape index (κ3) is 51.3. The summed E-state index contributed by atoms with van der Waals surface area (Å²) in [4.78, 5) is 24.4. The average Bonchev–Trinajstić information content (AvgIpc) is 3.28. The number of hydrogen-bond acceptors (Lipinski definition) is 5. The number of carbonyl (C=O) groups excluding carboxylic acids is 2. The van der Waals surface area contributed by atoms with Gasteiger partial charge in [0, 0.05) is 12.8 Å². The van der Waals surface area contributed by atoms with Crippen molar-refractivity contribution in [1.82, 2.24) is 0 Å². The third-order valence-corrected chi connectivity index (χ3v) is 13.1. The van der Waals surface area contributed by atoms with Gasteiger partial charge in [0.25, 0.3) is 0 Å². The van der Waals surface area contributed by atoms with E-state index in [9.17, 15) is 14.7 Å². The minimum atomic E-state index is -0.770. The van der Waals surface area contributed by atoms with Crippen LogP contribution in [-0.4, -0.2) is 36.4 Å². The standard InChI is InChI=1S/C57H110O5/c1-3-5-7-9-11-13-15-17-18-19-20-21-22-23-24-25-26-27-28-29-30-31-32-33-34-35-36-37-38-40-41-43-45-47-49-51-56(59)61-54-55(53-58)62-57(60)52-50-48-46-44-42-39-16-14-12-10-8-6-4-2/h14,16,55,58H,3-13,15,17-54H2,1-2H3/b16-14-. The zero-order chi connectivity index (χ0) is 44.9. The second kappa shape index (κ2) is 54.0. The van der Waals surface area contributed by atoms with Crippen LogP contribution in [0.3, 0.4) is 0 Å². The molecule has 368 valence electrons. The monoisotopic (exact) mass is 875 g/mol. The Morgan fingerprint density at radius 1 is 0.355 bits per heavy atom. The molecule has 0 saturated carbocycles. The molecule has 0 aliphatic heterocycles. The number of rotatable bonds is 53. The minimum Gasteiger partial charge on any atom is -0.462 e. The molecule has 0 aliphatic carbocycles. The summed E-state index contributed by atoms with van der Waals surface area (Å²) >= 11 is 0. The van der Waals surface area contributed by atoms with Gasteiger partial charge < -0.3 is 14.6 Å². The minimum absolute atomic E-state index is 0.0626. The molecule has 62 heavy (non-hydrogen) atoms. The number of aliphatic hydroxyl groups excluding tert-OH is 1. The molecule has 0 spiro atoms. The van der Waals surface area contributed by atoms with Gasteiger partial charge in [-0.2, -0.15) is 0 Å². The molecule has 0 aromatic rings. The first-order chi connectivity index (χ1) is 30.6. The second-order valence-corrected chi connectivity index (χ2v) is 19.4. The Balaban J connectivity index is 3.34. The molecule has 0 fully saturated rings. The molecule has 5 heteroatoms. The topological polar surface area (TPSA) is 72.8 Å². The zero-order valence-electron chi connectivity index (χ0n) is 42.2. The first-order valence-corrected chi connectivity index (χ1v) is 28.2. The summed E-state index contributed by atoms with van der Waals surface area (Å²) in [5.74, 6) is -0.584. The van der Waals surface area contributed by atoms with Crippen molar-refractivity contribution < 1.29 is 24.2 Å². The van der Waals surface area contributed by atoms with E-state index < -0.39 is 6.10 Å². The van der Waals surface area contributed by atoms with Crippen LogP contribution in [0.2, 0.25) is 0 Å². The van der Waals surface area contributed by atoms with Crippen LogP contribution in [0.25, 0.3) is 0 Å². The largest absolute Gasteiger partial charge is 0.462 e. The highest BCUT2D eigenvalue weighted by Crippen LogP contribution is 2.18. The summed E-state index contributed by atoms with van der Waals surface area (Å²) in [6.07, 6.45) is 66.4. The van der Waals surface area contributed by atoms with Crippen molar-refractivity contribution in [2.45, 2.75) is 328 Å². The van der Waals surface area contributed by atoms with Crippen LogP contribution in [0.4, 0.5) is 0 Å². The van der Waals surface area contributed by atoms with Crippen molar-refractivity contribution >= 4 is 11.9 Å². The van der Waals surface area contributed by atoms with Gasteiger partial charge in [0.15, 0.2) is 6.10 Å². The maximum Gasteiger partial charge on any atom is 0.306 e. The van der Waals surface area contributed by atoms with Gasteiger partial charge in [-0.1, -0.05) is 283 Å². The summed E-state index contributed by atoms with van der Waals surface area (Å²) in [6.45, 7) is 4.16. The fourth-order valence-electron chi connectivity index (χ4n) is 8.79. The number of esters is 2. The molecule has 5 nitrogen and oxygen atoms in total. The Hall–Kier alpha value is -1.36. The van der Waals surface area contributed by atoms with Crippen LogP contribution in [0.1, 0.15) is 322 Å². The van der Waals surface area contributed by atoms with E-state index in [1.54, 1.807) is 0 Å². The molecule has 1 unspecified atom stereocenters. The van der Waals surface area contributed by atoms with Gasteiger partial charge in [0.05, 0.1) is 6.61 Å². The van der Waals surface area contributed by atoms with E-state index in [0.29, 0.717) is 12.8 Å². The Kier molecular flexibility index (Phi) is 52.8. The lowest BCUT2D eigenvalue weighted by atomic mass is 10.0. The molecule has 0 aromatic heterocycles. The summed E-state index contributed by atoms with van der Waals surface area (Å²) in [7, 11) is 0. The quantitative estimate of drug-likeness (QED) is 0.0374. The van der Waals surface area contributed by atoms with E-state index in [2.05, 4.69) is 26.0 Å². The Labute approximate surface area is 388 Å². The fraction of sp³-hybridized carbons (Fsp3) is 0.930. The molecule has 0 aliphatic rings. The van der Waals surface area contributed by atoms with Crippen molar-refractivity contribution in [3.05, 3.63) is 12.2 Å². The maximum atomic E-state index is 12.2. The maximum absolute atomic E-state index is 12.2. The van der Waals surface area contributed by atoms with E-state index in [1.807, 2.05) is 0 Å². The predicted molar refractivity (Wildman–Crippen MR) is 270 cm³/mol. The van der Waals surface area contributed by atoms with Gasteiger partial charge in [-0.05, 0) is 38.5 Å². The van der Waals surface area contributed by atoms with Crippen LogP contribution < -0.4 is 0 Å². The molecule has 0 bridgehead atoms. The van der Waals surface area contributed by atoms with Gasteiger partial charge in [-0.15, -0.1) is 0 Å². The smallest absolute Gasteiger partial charge is 0.306 e. The van der Waals surface area contributed by atoms with E-state index >= 15 is 0 Å². The van der Waals surface area contributed by atoms with E-state index in [4.69, 9.17) is 9.47 Å². The molecular formula is C57H110O5. The molecule has 0 rings (SSSR count). The van der Waals surface area contributed by atoms with Crippen molar-refractivity contribution in [2.75, 3.05) is 13.2 Å². The summed E-state index contributed by atoms with van der Waals surface area (Å²) in [5, 5.41) is 9.60. The van der Waals surface area contributed by atoms with Crippen molar-refractivity contribution in [1.29, 1.82) is 0 Å². The highest BCUT2D eigenvalue weighted by atomic mass is 16.6.